The van der Waals surface area contributed by atoms with Gasteiger partial charge in [-0.05, 0) is 35.8 Å². The van der Waals surface area contributed by atoms with Crippen molar-refractivity contribution in [3.63, 3.8) is 0 Å². The van der Waals surface area contributed by atoms with Crippen LogP contribution in [0.25, 0.3) is 6.08 Å². The first kappa shape index (κ1) is 15.4. The Labute approximate surface area is 139 Å². The van der Waals surface area contributed by atoms with Crippen LogP contribution in [0.1, 0.15) is 11.1 Å². The summed E-state index contributed by atoms with van der Waals surface area (Å²) >= 11 is 6.10. The van der Waals surface area contributed by atoms with E-state index in [9.17, 15) is 4.79 Å². The summed E-state index contributed by atoms with van der Waals surface area (Å²) in [7, 11) is 0. The van der Waals surface area contributed by atoms with Crippen LogP contribution in [0.5, 0.6) is 11.5 Å². The highest BCUT2D eigenvalue weighted by Gasteiger charge is 2.17. The van der Waals surface area contributed by atoms with Gasteiger partial charge in [0.25, 0.3) is 0 Å². The van der Waals surface area contributed by atoms with E-state index in [-0.39, 0.29) is 12.7 Å². The van der Waals surface area contributed by atoms with E-state index in [1.165, 1.54) is 11.6 Å². The monoisotopic (exact) mass is 329 g/mol. The highest BCUT2D eigenvalue weighted by Crippen LogP contribution is 2.39. The quantitative estimate of drug-likeness (QED) is 0.855. The minimum absolute atomic E-state index is 0.144. The Balaban J connectivity index is 1.53. The van der Waals surface area contributed by atoms with Crippen LogP contribution in [-0.4, -0.2) is 19.2 Å². The molecule has 1 amide bonds. The van der Waals surface area contributed by atoms with Crippen molar-refractivity contribution < 1.29 is 14.3 Å². The highest BCUT2D eigenvalue weighted by atomic mass is 35.5. The lowest BCUT2D eigenvalue weighted by Gasteiger charge is -2.03. The molecule has 3 rings (SSSR count). The van der Waals surface area contributed by atoms with Gasteiger partial charge in [0.15, 0.2) is 11.5 Å². The molecule has 0 fully saturated rings. The van der Waals surface area contributed by atoms with Gasteiger partial charge in [0.2, 0.25) is 12.7 Å². The molecule has 2 aromatic carbocycles. The van der Waals surface area contributed by atoms with Crippen LogP contribution in [0.4, 0.5) is 0 Å². The molecular formula is C18H16ClNO3. The van der Waals surface area contributed by atoms with Gasteiger partial charge in [-0.2, -0.15) is 0 Å². The van der Waals surface area contributed by atoms with Crippen molar-refractivity contribution in [2.75, 3.05) is 13.3 Å². The lowest BCUT2D eigenvalue weighted by molar-refractivity contribution is -0.116. The first-order valence-electron chi connectivity index (χ1n) is 7.31. The number of hydrogen-bond acceptors (Lipinski definition) is 3. The van der Waals surface area contributed by atoms with Crippen LogP contribution >= 0.6 is 11.6 Å². The van der Waals surface area contributed by atoms with E-state index < -0.39 is 0 Å². The van der Waals surface area contributed by atoms with Crippen molar-refractivity contribution in [3.05, 3.63) is 64.7 Å². The maximum atomic E-state index is 11.8. The van der Waals surface area contributed by atoms with E-state index in [1.807, 2.05) is 30.3 Å². The molecule has 0 bridgehead atoms. The first-order chi connectivity index (χ1) is 11.2. The average molecular weight is 330 g/mol. The van der Waals surface area contributed by atoms with E-state index in [0.29, 0.717) is 23.1 Å². The molecular weight excluding hydrogens is 314 g/mol. The summed E-state index contributed by atoms with van der Waals surface area (Å²) in [6.45, 7) is 0.761. The molecule has 1 N–H and O–H groups in total. The fraction of sp³-hybridized carbons (Fsp3) is 0.167. The Morgan fingerprint density at radius 3 is 2.87 bits per heavy atom. The molecule has 1 heterocycles. The summed E-state index contributed by atoms with van der Waals surface area (Å²) in [5.41, 5.74) is 1.98. The van der Waals surface area contributed by atoms with Gasteiger partial charge in [-0.3, -0.25) is 4.79 Å². The molecule has 2 aromatic rings. The zero-order chi connectivity index (χ0) is 16.1. The van der Waals surface area contributed by atoms with E-state index in [2.05, 4.69) is 5.32 Å². The third kappa shape index (κ3) is 4.05. The van der Waals surface area contributed by atoms with Gasteiger partial charge in [-0.15, -0.1) is 0 Å². The normalized spacial score (nSPS) is 12.6. The Kier molecular flexibility index (Phi) is 4.83. The van der Waals surface area contributed by atoms with Crippen LogP contribution in [0.15, 0.2) is 48.5 Å². The summed E-state index contributed by atoms with van der Waals surface area (Å²) in [4.78, 5) is 11.8. The lowest BCUT2D eigenvalue weighted by atomic mass is 10.1. The van der Waals surface area contributed by atoms with E-state index in [1.54, 1.807) is 18.2 Å². The summed E-state index contributed by atoms with van der Waals surface area (Å²) in [5.74, 6) is 1.01. The maximum Gasteiger partial charge on any atom is 0.244 e. The number of carbonyl (C=O) groups excluding carboxylic acids is 1. The zero-order valence-corrected chi connectivity index (χ0v) is 13.2. The minimum atomic E-state index is -0.144. The molecule has 1 aliphatic rings. The van der Waals surface area contributed by atoms with Gasteiger partial charge in [0, 0.05) is 12.6 Å². The summed E-state index contributed by atoms with van der Waals surface area (Å²) in [6, 6.07) is 13.6. The summed E-state index contributed by atoms with van der Waals surface area (Å²) in [5, 5.41) is 3.33. The fourth-order valence-corrected chi connectivity index (χ4v) is 2.56. The van der Waals surface area contributed by atoms with Crippen LogP contribution in [-0.2, 0) is 11.2 Å². The zero-order valence-electron chi connectivity index (χ0n) is 12.4. The second-order valence-electron chi connectivity index (χ2n) is 5.10. The standard InChI is InChI=1S/C18H16ClNO3/c19-15-10-14(11-16-18(15)23-12-22-16)6-7-17(21)20-9-8-13-4-2-1-3-5-13/h1-7,10-11H,8-9,12H2,(H,20,21)/b7-6+. The third-order valence-corrected chi connectivity index (χ3v) is 3.71. The van der Waals surface area contributed by atoms with Crippen molar-refractivity contribution in [1.82, 2.24) is 5.32 Å². The SMILES string of the molecule is O=C(/C=C/c1cc(Cl)c2c(c1)OCO2)NCCc1ccccc1. The molecule has 1 aliphatic heterocycles. The average Bonchev–Trinajstić information content (AvgIpc) is 3.03. The second kappa shape index (κ2) is 7.20. The van der Waals surface area contributed by atoms with Crippen LogP contribution in [0.2, 0.25) is 5.02 Å². The number of nitrogens with one attached hydrogen (secondary N) is 1. The molecule has 23 heavy (non-hydrogen) atoms. The molecule has 118 valence electrons. The molecule has 0 atom stereocenters. The fourth-order valence-electron chi connectivity index (χ4n) is 2.29. The molecule has 0 aromatic heterocycles. The predicted molar refractivity (Wildman–Crippen MR) is 89.8 cm³/mol. The molecule has 0 unspecified atom stereocenters. The van der Waals surface area contributed by atoms with Gasteiger partial charge in [-0.25, -0.2) is 0 Å². The van der Waals surface area contributed by atoms with E-state index >= 15 is 0 Å². The maximum absolute atomic E-state index is 11.8. The Morgan fingerprint density at radius 1 is 1.22 bits per heavy atom. The van der Waals surface area contributed by atoms with Gasteiger partial charge < -0.3 is 14.8 Å². The van der Waals surface area contributed by atoms with Gasteiger partial charge >= 0.3 is 0 Å². The molecule has 4 nitrogen and oxygen atoms in total. The van der Waals surface area contributed by atoms with Gasteiger partial charge in [0.05, 0.1) is 5.02 Å². The van der Waals surface area contributed by atoms with Crippen LogP contribution in [0, 0.1) is 0 Å². The molecule has 0 radical (unpaired) electrons. The topological polar surface area (TPSA) is 47.6 Å². The van der Waals surface area contributed by atoms with Gasteiger partial charge in [0.1, 0.15) is 0 Å². The van der Waals surface area contributed by atoms with Crippen molar-refractivity contribution in [2.24, 2.45) is 0 Å². The van der Waals surface area contributed by atoms with Crippen LogP contribution < -0.4 is 14.8 Å². The minimum Gasteiger partial charge on any atom is -0.454 e. The number of amides is 1. The number of ether oxygens (including phenoxy) is 2. The second-order valence-corrected chi connectivity index (χ2v) is 5.50. The Morgan fingerprint density at radius 2 is 2.04 bits per heavy atom. The van der Waals surface area contributed by atoms with Crippen LogP contribution in [0.3, 0.4) is 0 Å². The van der Waals surface area contributed by atoms with Gasteiger partial charge in [-0.1, -0.05) is 41.9 Å². The smallest absolute Gasteiger partial charge is 0.244 e. The lowest BCUT2D eigenvalue weighted by Crippen LogP contribution is -2.23. The molecule has 0 saturated heterocycles. The van der Waals surface area contributed by atoms with E-state index in [0.717, 1.165) is 12.0 Å². The largest absolute Gasteiger partial charge is 0.454 e. The Bertz CT molecular complexity index is 729. The van der Waals surface area contributed by atoms with Crippen molar-refractivity contribution in [1.29, 1.82) is 0 Å². The van der Waals surface area contributed by atoms with Crippen molar-refractivity contribution in [2.45, 2.75) is 6.42 Å². The number of fused-ring (bicyclic) bond motifs is 1. The number of carbonyl (C=O) groups is 1. The molecule has 5 heteroatoms. The molecule has 0 aliphatic carbocycles. The first-order valence-corrected chi connectivity index (χ1v) is 7.69. The Hall–Kier alpha value is -2.46. The molecule has 0 spiro atoms. The highest BCUT2D eigenvalue weighted by molar-refractivity contribution is 6.32. The van der Waals surface area contributed by atoms with Crippen molar-refractivity contribution >= 4 is 23.6 Å². The summed E-state index contributed by atoms with van der Waals surface area (Å²) < 4.78 is 10.5. The van der Waals surface area contributed by atoms with E-state index in [4.69, 9.17) is 21.1 Å². The number of benzene rings is 2. The predicted octanol–water partition coefficient (Wildman–Crippen LogP) is 3.44. The number of halogens is 1. The van der Waals surface area contributed by atoms with Crippen molar-refractivity contribution in [3.8, 4) is 11.5 Å². The molecule has 0 saturated carbocycles. The third-order valence-electron chi connectivity index (χ3n) is 3.43. The summed E-state index contributed by atoms with van der Waals surface area (Å²) in [6.07, 6.45) is 3.99. The number of hydrogen-bond donors (Lipinski definition) is 1. The number of rotatable bonds is 5.